The van der Waals surface area contributed by atoms with E-state index in [9.17, 15) is 4.39 Å². The first-order chi connectivity index (χ1) is 9.24. The fourth-order valence-corrected chi connectivity index (χ4v) is 2.05. The van der Waals surface area contributed by atoms with Crippen LogP contribution in [0.15, 0.2) is 52.9 Å². The lowest BCUT2D eigenvalue weighted by molar-refractivity contribution is 0.274. The van der Waals surface area contributed by atoms with Gasteiger partial charge in [-0.25, -0.2) is 4.39 Å². The Morgan fingerprint density at radius 2 is 1.95 bits per heavy atom. The van der Waals surface area contributed by atoms with Crippen LogP contribution in [0.1, 0.15) is 5.76 Å². The van der Waals surface area contributed by atoms with E-state index in [1.165, 1.54) is 6.07 Å². The van der Waals surface area contributed by atoms with E-state index >= 15 is 0 Å². The number of ether oxygens (including phenoxy) is 1. The minimum Gasteiger partial charge on any atom is -0.484 e. The number of para-hydroxylation sites is 1. The molecule has 0 amide bonds. The topological polar surface area (TPSA) is 22.4 Å². The minimum atomic E-state index is -0.301. The Morgan fingerprint density at radius 1 is 1.11 bits per heavy atom. The second-order valence-electron chi connectivity index (χ2n) is 4.08. The molecule has 0 radical (unpaired) electrons. The molecule has 0 saturated carbocycles. The second-order valence-corrected chi connectivity index (χ2v) is 4.49. The Kier molecular flexibility index (Phi) is 3.13. The van der Waals surface area contributed by atoms with Crippen LogP contribution in [0.5, 0.6) is 5.75 Å². The standard InChI is InChI=1S/C15H10ClFO2/c16-12-4-1-2-6-15(12)18-9-10-8-11-13(17)5-3-7-14(11)19-10/h1-8H,9H2. The summed E-state index contributed by atoms with van der Waals surface area (Å²) in [5, 5.41) is 0.991. The summed E-state index contributed by atoms with van der Waals surface area (Å²) in [6, 6.07) is 13.5. The van der Waals surface area contributed by atoms with Crippen molar-refractivity contribution >= 4 is 22.6 Å². The van der Waals surface area contributed by atoms with E-state index in [-0.39, 0.29) is 12.4 Å². The first-order valence-electron chi connectivity index (χ1n) is 5.78. The molecule has 0 fully saturated rings. The lowest BCUT2D eigenvalue weighted by Gasteiger charge is -2.05. The normalized spacial score (nSPS) is 10.8. The molecule has 1 heterocycles. The van der Waals surface area contributed by atoms with Gasteiger partial charge in [-0.3, -0.25) is 0 Å². The van der Waals surface area contributed by atoms with Crippen molar-refractivity contribution in [2.24, 2.45) is 0 Å². The molecule has 19 heavy (non-hydrogen) atoms. The summed E-state index contributed by atoms with van der Waals surface area (Å²) in [7, 11) is 0. The fourth-order valence-electron chi connectivity index (χ4n) is 1.86. The molecule has 0 atom stereocenters. The molecule has 0 aliphatic rings. The van der Waals surface area contributed by atoms with E-state index in [4.69, 9.17) is 20.8 Å². The second kappa shape index (κ2) is 4.94. The third-order valence-electron chi connectivity index (χ3n) is 2.77. The van der Waals surface area contributed by atoms with Gasteiger partial charge in [0.1, 0.15) is 29.5 Å². The van der Waals surface area contributed by atoms with Crippen LogP contribution >= 0.6 is 11.6 Å². The number of halogens is 2. The molecule has 0 unspecified atom stereocenters. The Balaban J connectivity index is 1.83. The molecule has 0 aliphatic heterocycles. The van der Waals surface area contributed by atoms with Gasteiger partial charge in [-0.1, -0.05) is 29.8 Å². The van der Waals surface area contributed by atoms with E-state index in [1.807, 2.05) is 12.1 Å². The molecule has 0 saturated heterocycles. The van der Waals surface area contributed by atoms with E-state index in [2.05, 4.69) is 0 Å². The van der Waals surface area contributed by atoms with Crippen molar-refractivity contribution in [2.75, 3.05) is 0 Å². The zero-order valence-electron chi connectivity index (χ0n) is 9.90. The first kappa shape index (κ1) is 12.1. The first-order valence-corrected chi connectivity index (χ1v) is 6.16. The van der Waals surface area contributed by atoms with Gasteiger partial charge in [0, 0.05) is 0 Å². The van der Waals surface area contributed by atoms with Gasteiger partial charge >= 0.3 is 0 Å². The third-order valence-corrected chi connectivity index (χ3v) is 3.08. The Morgan fingerprint density at radius 3 is 2.74 bits per heavy atom. The summed E-state index contributed by atoms with van der Waals surface area (Å²) in [4.78, 5) is 0. The van der Waals surface area contributed by atoms with Crippen molar-refractivity contribution in [2.45, 2.75) is 6.61 Å². The lowest BCUT2D eigenvalue weighted by Crippen LogP contribution is -1.93. The van der Waals surface area contributed by atoms with Crippen LogP contribution < -0.4 is 4.74 Å². The predicted molar refractivity (Wildman–Crippen MR) is 72.0 cm³/mol. The quantitative estimate of drug-likeness (QED) is 0.685. The van der Waals surface area contributed by atoms with Gasteiger partial charge in [0.15, 0.2) is 0 Å². The van der Waals surface area contributed by atoms with Crippen molar-refractivity contribution in [3.05, 3.63) is 65.1 Å². The largest absolute Gasteiger partial charge is 0.484 e. The highest BCUT2D eigenvalue weighted by molar-refractivity contribution is 6.32. The summed E-state index contributed by atoms with van der Waals surface area (Å²) < 4.78 is 24.6. The molecule has 96 valence electrons. The van der Waals surface area contributed by atoms with Gasteiger partial charge in [-0.15, -0.1) is 0 Å². The highest BCUT2D eigenvalue weighted by atomic mass is 35.5. The SMILES string of the molecule is Fc1cccc2oc(COc3ccccc3Cl)cc12. The van der Waals surface area contributed by atoms with Gasteiger partial charge in [0.25, 0.3) is 0 Å². The van der Waals surface area contributed by atoms with Crippen molar-refractivity contribution in [1.29, 1.82) is 0 Å². The molecule has 0 aliphatic carbocycles. The van der Waals surface area contributed by atoms with Gasteiger partial charge in [0.2, 0.25) is 0 Å². The molecule has 2 nitrogen and oxygen atoms in total. The summed E-state index contributed by atoms with van der Waals surface area (Å²) in [6.45, 7) is 0.206. The molecular formula is C15H10ClFO2. The Bertz CT molecular complexity index is 721. The van der Waals surface area contributed by atoms with Crippen molar-refractivity contribution < 1.29 is 13.5 Å². The van der Waals surface area contributed by atoms with Crippen molar-refractivity contribution in [1.82, 2.24) is 0 Å². The van der Waals surface area contributed by atoms with E-state index in [1.54, 1.807) is 30.3 Å². The zero-order valence-corrected chi connectivity index (χ0v) is 10.7. The van der Waals surface area contributed by atoms with Crippen molar-refractivity contribution in [3.8, 4) is 5.75 Å². The van der Waals surface area contributed by atoms with Crippen LogP contribution in [0.3, 0.4) is 0 Å². The molecule has 4 heteroatoms. The van der Waals surface area contributed by atoms with Gasteiger partial charge in [-0.2, -0.15) is 0 Å². The van der Waals surface area contributed by atoms with Crippen LogP contribution in [0.25, 0.3) is 11.0 Å². The summed E-state index contributed by atoms with van der Waals surface area (Å²) in [6.07, 6.45) is 0. The number of hydrogen-bond acceptors (Lipinski definition) is 2. The number of hydrogen-bond donors (Lipinski definition) is 0. The number of rotatable bonds is 3. The van der Waals surface area contributed by atoms with Crippen molar-refractivity contribution in [3.63, 3.8) is 0 Å². The minimum absolute atomic E-state index is 0.206. The van der Waals surface area contributed by atoms with Crippen LogP contribution in [0.2, 0.25) is 5.02 Å². The maximum Gasteiger partial charge on any atom is 0.146 e. The summed E-state index contributed by atoms with van der Waals surface area (Å²) in [5.74, 6) is 0.829. The number of benzene rings is 2. The van der Waals surface area contributed by atoms with Crippen LogP contribution in [-0.2, 0) is 6.61 Å². The summed E-state index contributed by atoms with van der Waals surface area (Å²) in [5.41, 5.74) is 0.512. The maximum absolute atomic E-state index is 13.5. The maximum atomic E-state index is 13.5. The van der Waals surface area contributed by atoms with Gasteiger partial charge in [-0.05, 0) is 30.3 Å². The van der Waals surface area contributed by atoms with Gasteiger partial charge in [0.05, 0.1) is 10.4 Å². The fraction of sp³-hybridized carbons (Fsp3) is 0.0667. The third kappa shape index (κ3) is 2.42. The monoisotopic (exact) mass is 276 g/mol. The van der Waals surface area contributed by atoms with Gasteiger partial charge < -0.3 is 9.15 Å². The Labute approximate surface area is 114 Å². The van der Waals surface area contributed by atoms with E-state index in [0.29, 0.717) is 27.5 Å². The average Bonchev–Trinajstić information content (AvgIpc) is 2.82. The van der Waals surface area contributed by atoms with E-state index in [0.717, 1.165) is 0 Å². The van der Waals surface area contributed by atoms with Crippen LogP contribution in [0.4, 0.5) is 4.39 Å². The molecular weight excluding hydrogens is 267 g/mol. The van der Waals surface area contributed by atoms with Crippen LogP contribution in [0, 0.1) is 5.82 Å². The number of furan rings is 1. The molecule has 0 bridgehead atoms. The number of fused-ring (bicyclic) bond motifs is 1. The molecule has 3 rings (SSSR count). The highest BCUT2D eigenvalue weighted by Crippen LogP contribution is 2.26. The Hall–Kier alpha value is -2.00. The molecule has 3 aromatic rings. The van der Waals surface area contributed by atoms with Crippen LogP contribution in [-0.4, -0.2) is 0 Å². The predicted octanol–water partition coefficient (Wildman–Crippen LogP) is 4.80. The molecule has 1 aromatic heterocycles. The molecule has 2 aromatic carbocycles. The molecule has 0 N–H and O–H groups in total. The highest BCUT2D eigenvalue weighted by Gasteiger charge is 2.08. The van der Waals surface area contributed by atoms with E-state index < -0.39 is 0 Å². The molecule has 0 spiro atoms. The lowest BCUT2D eigenvalue weighted by atomic mass is 10.2. The summed E-state index contributed by atoms with van der Waals surface area (Å²) >= 11 is 5.98. The zero-order chi connectivity index (χ0) is 13.2. The smallest absolute Gasteiger partial charge is 0.146 e. The average molecular weight is 277 g/mol.